The maximum atomic E-state index is 6.00. The van der Waals surface area contributed by atoms with Crippen LogP contribution in [0.5, 0.6) is 0 Å². The van der Waals surface area contributed by atoms with Crippen molar-refractivity contribution in [1.29, 1.82) is 0 Å². The van der Waals surface area contributed by atoms with Gasteiger partial charge in [0.1, 0.15) is 0 Å². The number of hydrogen-bond donors (Lipinski definition) is 1. The first-order valence-corrected chi connectivity index (χ1v) is 8.17. The number of aromatic nitrogens is 1. The van der Waals surface area contributed by atoms with Gasteiger partial charge in [-0.25, -0.2) is 0 Å². The molecule has 23 heavy (non-hydrogen) atoms. The third-order valence-electron chi connectivity index (χ3n) is 4.70. The summed E-state index contributed by atoms with van der Waals surface area (Å²) in [6.45, 7) is 3.16. The van der Waals surface area contributed by atoms with E-state index in [4.69, 9.17) is 10.2 Å². The quantitative estimate of drug-likeness (QED) is 0.805. The number of piperidine rings is 1. The normalized spacial score (nSPS) is 16.9. The zero-order valence-electron chi connectivity index (χ0n) is 13.1. The van der Waals surface area contributed by atoms with Crippen molar-refractivity contribution < 1.29 is 4.42 Å². The average molecular weight is 307 g/mol. The highest BCUT2D eigenvalue weighted by atomic mass is 16.3. The number of benzene rings is 1. The van der Waals surface area contributed by atoms with Gasteiger partial charge in [0.25, 0.3) is 0 Å². The van der Waals surface area contributed by atoms with Gasteiger partial charge in [-0.15, -0.1) is 0 Å². The van der Waals surface area contributed by atoms with Gasteiger partial charge in [0, 0.05) is 41.5 Å². The van der Waals surface area contributed by atoms with Gasteiger partial charge in [0.15, 0.2) is 0 Å². The largest absolute Gasteiger partial charge is 0.472 e. The summed E-state index contributed by atoms with van der Waals surface area (Å²) in [6.07, 6.45) is 9.50. The second-order valence-corrected chi connectivity index (χ2v) is 6.37. The van der Waals surface area contributed by atoms with Crippen LogP contribution in [-0.4, -0.2) is 29.0 Å². The van der Waals surface area contributed by atoms with Gasteiger partial charge in [-0.3, -0.25) is 9.88 Å². The molecule has 4 heteroatoms. The van der Waals surface area contributed by atoms with Gasteiger partial charge in [-0.05, 0) is 49.0 Å². The number of fused-ring (bicyclic) bond motifs is 1. The van der Waals surface area contributed by atoms with E-state index in [1.807, 2.05) is 18.5 Å². The van der Waals surface area contributed by atoms with Crippen LogP contribution in [0.15, 0.2) is 53.6 Å². The zero-order valence-corrected chi connectivity index (χ0v) is 13.1. The molecule has 0 saturated carbocycles. The summed E-state index contributed by atoms with van der Waals surface area (Å²) in [6, 6.07) is 9.01. The van der Waals surface area contributed by atoms with Crippen LogP contribution in [0, 0.1) is 0 Å². The molecule has 1 aromatic carbocycles. The highest BCUT2D eigenvalue weighted by Gasteiger charge is 2.16. The predicted molar refractivity (Wildman–Crippen MR) is 91.9 cm³/mol. The summed E-state index contributed by atoms with van der Waals surface area (Å²) in [5.74, 6) is 0. The molecule has 2 aromatic heterocycles. The molecule has 3 aromatic rings. The van der Waals surface area contributed by atoms with E-state index in [1.165, 1.54) is 10.9 Å². The topological polar surface area (TPSA) is 55.3 Å². The molecule has 1 aliphatic heterocycles. The Balaban J connectivity index is 1.65. The van der Waals surface area contributed by atoms with Crippen LogP contribution in [0.25, 0.3) is 21.9 Å². The Labute approximate surface area is 135 Å². The van der Waals surface area contributed by atoms with Crippen molar-refractivity contribution >= 4 is 10.8 Å². The van der Waals surface area contributed by atoms with E-state index >= 15 is 0 Å². The lowest BCUT2D eigenvalue weighted by molar-refractivity contribution is 0.206. The fourth-order valence-corrected chi connectivity index (χ4v) is 3.33. The van der Waals surface area contributed by atoms with Gasteiger partial charge < -0.3 is 10.2 Å². The van der Waals surface area contributed by atoms with Crippen molar-refractivity contribution in [1.82, 2.24) is 9.88 Å². The Kier molecular flexibility index (Phi) is 3.85. The molecule has 4 rings (SSSR count). The van der Waals surface area contributed by atoms with Crippen LogP contribution in [0.4, 0.5) is 0 Å². The van der Waals surface area contributed by atoms with Crippen molar-refractivity contribution in [3.63, 3.8) is 0 Å². The molecule has 2 N–H and O–H groups in total. The Bertz CT molecular complexity index is 789. The summed E-state index contributed by atoms with van der Waals surface area (Å²) in [7, 11) is 0. The van der Waals surface area contributed by atoms with Gasteiger partial charge in [0.2, 0.25) is 0 Å². The number of likely N-dealkylation sites (tertiary alicyclic amines) is 1. The van der Waals surface area contributed by atoms with Gasteiger partial charge in [-0.1, -0.05) is 12.1 Å². The highest BCUT2D eigenvalue weighted by molar-refractivity contribution is 5.95. The van der Waals surface area contributed by atoms with Crippen molar-refractivity contribution in [2.45, 2.75) is 25.4 Å². The molecule has 0 amide bonds. The maximum Gasteiger partial charge on any atom is 0.0981 e. The minimum Gasteiger partial charge on any atom is -0.472 e. The summed E-state index contributed by atoms with van der Waals surface area (Å²) >= 11 is 0. The van der Waals surface area contributed by atoms with E-state index in [1.54, 1.807) is 12.5 Å². The lowest BCUT2D eigenvalue weighted by Gasteiger charge is -2.30. The first kappa shape index (κ1) is 14.4. The van der Waals surface area contributed by atoms with Crippen LogP contribution in [-0.2, 0) is 6.54 Å². The van der Waals surface area contributed by atoms with Crippen molar-refractivity contribution in [3.05, 3.63) is 54.7 Å². The molecule has 3 heterocycles. The van der Waals surface area contributed by atoms with Crippen LogP contribution in [0.2, 0.25) is 0 Å². The number of pyridine rings is 1. The van der Waals surface area contributed by atoms with E-state index in [0.29, 0.717) is 6.04 Å². The van der Waals surface area contributed by atoms with Gasteiger partial charge in [-0.2, -0.15) is 0 Å². The molecule has 0 unspecified atom stereocenters. The first-order chi connectivity index (χ1) is 11.3. The van der Waals surface area contributed by atoms with Crippen molar-refractivity contribution in [2.75, 3.05) is 13.1 Å². The monoisotopic (exact) mass is 307 g/mol. The predicted octanol–water partition coefficient (Wildman–Crippen LogP) is 3.42. The fraction of sp³-hybridized carbons (Fsp3) is 0.316. The molecule has 0 radical (unpaired) electrons. The number of hydrogen-bond acceptors (Lipinski definition) is 4. The van der Waals surface area contributed by atoms with E-state index in [-0.39, 0.29) is 0 Å². The van der Waals surface area contributed by atoms with Crippen LogP contribution < -0.4 is 5.73 Å². The molecular weight excluding hydrogens is 286 g/mol. The van der Waals surface area contributed by atoms with E-state index in [9.17, 15) is 0 Å². The Hall–Kier alpha value is -2.17. The smallest absolute Gasteiger partial charge is 0.0981 e. The number of furan rings is 1. The molecule has 1 aliphatic rings. The number of rotatable bonds is 3. The standard InChI is InChI=1S/C19H21N3O/c20-17-3-6-22(7-4-17)12-14-1-2-15-10-21-11-19(18(15)9-14)16-5-8-23-13-16/h1-2,5,8-11,13,17H,3-4,6-7,12,20H2. The molecule has 0 bridgehead atoms. The molecule has 0 spiro atoms. The number of nitrogens with two attached hydrogens (primary N) is 1. The van der Waals surface area contributed by atoms with Gasteiger partial charge in [0.05, 0.1) is 12.5 Å². The second kappa shape index (κ2) is 6.14. The molecule has 1 saturated heterocycles. The molecule has 1 fully saturated rings. The van der Waals surface area contributed by atoms with Crippen LogP contribution in [0.1, 0.15) is 18.4 Å². The maximum absolute atomic E-state index is 6.00. The zero-order chi connectivity index (χ0) is 15.6. The summed E-state index contributed by atoms with van der Waals surface area (Å²) in [5.41, 5.74) is 9.53. The molecule has 0 aliphatic carbocycles. The fourth-order valence-electron chi connectivity index (χ4n) is 3.33. The third-order valence-corrected chi connectivity index (χ3v) is 4.70. The number of nitrogens with zero attached hydrogens (tertiary/aromatic N) is 2. The third kappa shape index (κ3) is 3.00. The van der Waals surface area contributed by atoms with Crippen molar-refractivity contribution in [3.8, 4) is 11.1 Å². The Morgan fingerprint density at radius 3 is 2.83 bits per heavy atom. The molecule has 118 valence electrons. The lowest BCUT2D eigenvalue weighted by atomic mass is 10.00. The summed E-state index contributed by atoms with van der Waals surface area (Å²) in [4.78, 5) is 6.85. The first-order valence-electron chi connectivity index (χ1n) is 8.17. The van der Waals surface area contributed by atoms with E-state index in [2.05, 4.69) is 28.1 Å². The average Bonchev–Trinajstić information content (AvgIpc) is 3.11. The van der Waals surface area contributed by atoms with E-state index < -0.39 is 0 Å². The Morgan fingerprint density at radius 1 is 1.17 bits per heavy atom. The summed E-state index contributed by atoms with van der Waals surface area (Å²) < 4.78 is 5.23. The minimum absolute atomic E-state index is 0.377. The van der Waals surface area contributed by atoms with Gasteiger partial charge >= 0.3 is 0 Å². The Morgan fingerprint density at radius 2 is 2.04 bits per heavy atom. The lowest BCUT2D eigenvalue weighted by Crippen LogP contribution is -2.39. The summed E-state index contributed by atoms with van der Waals surface area (Å²) in [5, 5.41) is 2.39. The van der Waals surface area contributed by atoms with Crippen molar-refractivity contribution in [2.24, 2.45) is 5.73 Å². The highest BCUT2D eigenvalue weighted by Crippen LogP contribution is 2.29. The molecule has 0 atom stereocenters. The molecule has 4 nitrogen and oxygen atoms in total. The van der Waals surface area contributed by atoms with Crippen LogP contribution >= 0.6 is 0 Å². The SMILES string of the molecule is NC1CCN(Cc2ccc3cncc(-c4ccoc4)c3c2)CC1. The molecular formula is C19H21N3O. The second-order valence-electron chi connectivity index (χ2n) is 6.37. The van der Waals surface area contributed by atoms with E-state index in [0.717, 1.165) is 49.0 Å². The minimum atomic E-state index is 0.377. The van der Waals surface area contributed by atoms with Crippen LogP contribution in [0.3, 0.4) is 0 Å².